The van der Waals surface area contributed by atoms with Crippen molar-refractivity contribution >= 4 is 31.0 Å². The molecule has 0 radical (unpaired) electrons. The maximum absolute atomic E-state index is 11.8. The highest BCUT2D eigenvalue weighted by molar-refractivity contribution is 7.34. The molecule has 0 saturated heterocycles. The highest BCUT2D eigenvalue weighted by Crippen LogP contribution is 2.34. The van der Waals surface area contributed by atoms with Gasteiger partial charge in [0.2, 0.25) is 0 Å². The van der Waals surface area contributed by atoms with Crippen LogP contribution in [0.4, 0.5) is 22.7 Å². The van der Waals surface area contributed by atoms with Crippen molar-refractivity contribution < 1.29 is 13.6 Å². The molecule has 8 N–H and O–H groups in total. The summed E-state index contributed by atoms with van der Waals surface area (Å²) < 4.78 is 22.1. The Morgan fingerprint density at radius 3 is 1.25 bits per heavy atom. The highest BCUT2D eigenvalue weighted by atomic mass is 31.1. The number of anilines is 4. The zero-order valence-corrected chi connectivity index (χ0v) is 11.5. The van der Waals surface area contributed by atoms with Crippen LogP contribution in [0.15, 0.2) is 36.4 Å². The third kappa shape index (κ3) is 3.73. The largest absolute Gasteiger partial charge is 0.418 e. The van der Waals surface area contributed by atoms with E-state index in [-0.39, 0.29) is 11.5 Å². The van der Waals surface area contributed by atoms with Crippen molar-refractivity contribution in [2.24, 2.45) is 0 Å². The van der Waals surface area contributed by atoms with Crippen molar-refractivity contribution in [3.8, 4) is 11.5 Å². The maximum atomic E-state index is 11.8. The predicted molar refractivity (Wildman–Crippen MR) is 80.8 cm³/mol. The lowest BCUT2D eigenvalue weighted by atomic mass is 10.3. The first-order valence-electron chi connectivity index (χ1n) is 5.64. The van der Waals surface area contributed by atoms with Crippen LogP contribution in [0.3, 0.4) is 0 Å². The lowest BCUT2D eigenvalue weighted by Gasteiger charge is -2.10. The molecule has 0 unspecified atom stereocenters. The zero-order chi connectivity index (χ0) is 14.7. The van der Waals surface area contributed by atoms with Gasteiger partial charge in [-0.05, 0) is 12.1 Å². The SMILES string of the molecule is Nc1cc(N)cc(O[PH](=O)Oc2cc(N)cc(N)c2)c1. The van der Waals surface area contributed by atoms with Crippen molar-refractivity contribution in [2.45, 2.75) is 0 Å². The molecule has 7 nitrogen and oxygen atoms in total. The quantitative estimate of drug-likeness (QED) is 0.498. The van der Waals surface area contributed by atoms with E-state index in [1.807, 2.05) is 0 Å². The van der Waals surface area contributed by atoms with E-state index >= 15 is 0 Å². The molecule has 2 aromatic carbocycles. The first-order valence-corrected chi connectivity index (χ1v) is 6.86. The third-order valence-electron chi connectivity index (χ3n) is 2.30. The molecule has 0 aliphatic rings. The molecule has 0 amide bonds. The van der Waals surface area contributed by atoms with E-state index < -0.39 is 8.25 Å². The van der Waals surface area contributed by atoms with Crippen molar-refractivity contribution in [2.75, 3.05) is 22.9 Å². The Morgan fingerprint density at radius 1 is 0.650 bits per heavy atom. The standard InChI is InChI=1S/C12H15N4O3P/c13-7-1-8(14)4-11(3-7)18-20(17)19-12-5-9(15)2-10(16)6-12/h1-6,20H,13-16H2. The van der Waals surface area contributed by atoms with Gasteiger partial charge in [-0.15, -0.1) is 0 Å². The summed E-state index contributed by atoms with van der Waals surface area (Å²) >= 11 is 0. The Labute approximate surface area is 116 Å². The number of nitrogen functional groups attached to an aromatic ring is 4. The van der Waals surface area contributed by atoms with E-state index in [4.69, 9.17) is 32.0 Å². The first kappa shape index (κ1) is 13.9. The fourth-order valence-corrected chi connectivity index (χ4v) is 2.29. The van der Waals surface area contributed by atoms with Gasteiger partial charge in [-0.25, -0.2) is 4.57 Å². The Kier molecular flexibility index (Phi) is 3.91. The smallest absolute Gasteiger partial charge is 0.418 e. The van der Waals surface area contributed by atoms with Gasteiger partial charge in [-0.3, -0.25) is 0 Å². The molecule has 0 fully saturated rings. The minimum atomic E-state index is -2.83. The summed E-state index contributed by atoms with van der Waals surface area (Å²) in [6.45, 7) is 0. The fraction of sp³-hybridized carbons (Fsp3) is 0. The predicted octanol–water partition coefficient (Wildman–Crippen LogP) is 1.86. The summed E-state index contributed by atoms with van der Waals surface area (Å²) in [6, 6.07) is 9.10. The molecule has 0 aliphatic carbocycles. The van der Waals surface area contributed by atoms with Gasteiger partial charge >= 0.3 is 8.25 Å². The van der Waals surface area contributed by atoms with Gasteiger partial charge in [0, 0.05) is 47.0 Å². The Balaban J connectivity index is 2.08. The molecule has 0 aromatic heterocycles. The minimum Gasteiger partial charge on any atom is -0.418 e. The van der Waals surface area contributed by atoms with E-state index in [0.717, 1.165) is 0 Å². The van der Waals surface area contributed by atoms with Gasteiger partial charge in [0.25, 0.3) is 0 Å². The van der Waals surface area contributed by atoms with Crippen LogP contribution in [-0.2, 0) is 4.57 Å². The summed E-state index contributed by atoms with van der Waals surface area (Å²) in [4.78, 5) is 0. The number of benzene rings is 2. The molecule has 0 bridgehead atoms. The van der Waals surface area contributed by atoms with E-state index in [2.05, 4.69) is 0 Å². The Hall–Kier alpha value is -2.53. The molecular formula is C12H15N4O3P. The van der Waals surface area contributed by atoms with Crippen LogP contribution in [0.1, 0.15) is 0 Å². The second-order valence-electron chi connectivity index (χ2n) is 4.12. The molecule has 0 heterocycles. The van der Waals surface area contributed by atoms with E-state index in [9.17, 15) is 4.57 Å². The number of hydrogen-bond donors (Lipinski definition) is 4. The molecule has 8 heteroatoms. The molecule has 106 valence electrons. The number of rotatable bonds is 4. The van der Waals surface area contributed by atoms with Crippen molar-refractivity contribution in [1.82, 2.24) is 0 Å². The van der Waals surface area contributed by atoms with Crippen LogP contribution < -0.4 is 32.0 Å². The van der Waals surface area contributed by atoms with Gasteiger partial charge in [-0.1, -0.05) is 0 Å². The van der Waals surface area contributed by atoms with Crippen molar-refractivity contribution in [1.29, 1.82) is 0 Å². The van der Waals surface area contributed by atoms with E-state index in [1.54, 1.807) is 12.1 Å². The van der Waals surface area contributed by atoms with Crippen LogP contribution in [0.25, 0.3) is 0 Å². The molecule has 0 spiro atoms. The van der Waals surface area contributed by atoms with E-state index in [1.165, 1.54) is 24.3 Å². The first-order chi connectivity index (χ1) is 9.42. The Bertz CT molecular complexity index is 567. The molecule has 0 aliphatic heterocycles. The topological polar surface area (TPSA) is 140 Å². The fourth-order valence-electron chi connectivity index (χ4n) is 1.62. The molecule has 2 rings (SSSR count). The van der Waals surface area contributed by atoms with Gasteiger partial charge in [-0.2, -0.15) is 0 Å². The number of nitrogens with two attached hydrogens (primary N) is 4. The van der Waals surface area contributed by atoms with Gasteiger partial charge in [0.15, 0.2) is 0 Å². The van der Waals surface area contributed by atoms with E-state index in [0.29, 0.717) is 22.7 Å². The normalized spacial score (nSPS) is 10.4. The summed E-state index contributed by atoms with van der Waals surface area (Å²) in [6.07, 6.45) is 0. The van der Waals surface area contributed by atoms with Crippen molar-refractivity contribution in [3.63, 3.8) is 0 Å². The molecular weight excluding hydrogens is 279 g/mol. The summed E-state index contributed by atoms with van der Waals surface area (Å²) in [5, 5.41) is 0. The second kappa shape index (κ2) is 5.63. The Morgan fingerprint density at radius 2 is 0.950 bits per heavy atom. The molecule has 2 aromatic rings. The van der Waals surface area contributed by atoms with Crippen molar-refractivity contribution in [3.05, 3.63) is 36.4 Å². The lowest BCUT2D eigenvalue weighted by Crippen LogP contribution is -1.95. The van der Waals surface area contributed by atoms with Crippen LogP contribution in [-0.4, -0.2) is 0 Å². The summed E-state index contributed by atoms with van der Waals surface area (Å²) in [5.41, 5.74) is 24.0. The monoisotopic (exact) mass is 294 g/mol. The summed E-state index contributed by atoms with van der Waals surface area (Å²) in [5.74, 6) is 0.534. The average Bonchev–Trinajstić information content (AvgIpc) is 2.24. The minimum absolute atomic E-state index is 0.267. The summed E-state index contributed by atoms with van der Waals surface area (Å²) in [7, 11) is -2.83. The van der Waals surface area contributed by atoms with Gasteiger partial charge in [0.1, 0.15) is 11.5 Å². The molecule has 0 atom stereocenters. The lowest BCUT2D eigenvalue weighted by molar-refractivity contribution is 0.416. The zero-order valence-electron chi connectivity index (χ0n) is 10.5. The molecule has 20 heavy (non-hydrogen) atoms. The van der Waals surface area contributed by atoms with Crippen LogP contribution in [0.2, 0.25) is 0 Å². The molecule has 0 saturated carbocycles. The highest BCUT2D eigenvalue weighted by Gasteiger charge is 2.07. The average molecular weight is 294 g/mol. The number of hydrogen-bond acceptors (Lipinski definition) is 7. The van der Waals surface area contributed by atoms with Crippen LogP contribution in [0, 0.1) is 0 Å². The van der Waals surface area contributed by atoms with Crippen LogP contribution in [0.5, 0.6) is 11.5 Å². The van der Waals surface area contributed by atoms with Crippen LogP contribution >= 0.6 is 8.25 Å². The van der Waals surface area contributed by atoms with Gasteiger partial charge in [0.05, 0.1) is 0 Å². The maximum Gasteiger partial charge on any atom is 0.418 e. The third-order valence-corrected chi connectivity index (χ3v) is 3.11. The second-order valence-corrected chi connectivity index (χ2v) is 5.03. The van der Waals surface area contributed by atoms with Gasteiger partial charge < -0.3 is 32.0 Å².